The quantitative estimate of drug-likeness (QED) is 0.631. The van der Waals surface area contributed by atoms with Crippen LogP contribution in [0.4, 0.5) is 0 Å². The van der Waals surface area contributed by atoms with Crippen LogP contribution in [0, 0.1) is 5.92 Å². The molecule has 1 saturated heterocycles. The smallest absolute Gasteiger partial charge is 0.0233 e. The minimum atomic E-state index is 0.904. The van der Waals surface area contributed by atoms with Crippen LogP contribution in [0.25, 0.3) is 0 Å². The van der Waals surface area contributed by atoms with Crippen molar-refractivity contribution in [3.8, 4) is 0 Å². The van der Waals surface area contributed by atoms with Gasteiger partial charge in [0.05, 0.1) is 0 Å². The molecule has 0 radical (unpaired) electrons. The highest BCUT2D eigenvalue weighted by molar-refractivity contribution is 5.22. The van der Waals surface area contributed by atoms with Crippen LogP contribution in [-0.2, 0) is 0 Å². The lowest BCUT2D eigenvalue weighted by atomic mass is 9.99. The molecule has 0 unspecified atom stereocenters. The molecule has 0 aromatic carbocycles. The first kappa shape index (κ1) is 19.5. The lowest BCUT2D eigenvalue weighted by molar-refractivity contribution is 0.207. The number of hydrogen-bond donors (Lipinski definition) is 0. The van der Waals surface area contributed by atoms with Gasteiger partial charge in [0, 0.05) is 6.54 Å². The second-order valence-corrected chi connectivity index (χ2v) is 4.14. The maximum Gasteiger partial charge on any atom is 0.0233 e. The van der Waals surface area contributed by atoms with Gasteiger partial charge in [-0.05, 0) is 37.4 Å². The van der Waals surface area contributed by atoms with E-state index in [1.54, 1.807) is 0 Å². The highest BCUT2D eigenvalue weighted by Crippen LogP contribution is 2.16. The average Bonchev–Trinajstić information content (AvgIpc) is 2.45. The molecule has 0 saturated carbocycles. The van der Waals surface area contributed by atoms with Crippen molar-refractivity contribution >= 4 is 0 Å². The van der Waals surface area contributed by atoms with E-state index in [2.05, 4.69) is 25.0 Å². The van der Waals surface area contributed by atoms with Gasteiger partial charge in [0.1, 0.15) is 0 Å². The zero-order valence-electron chi connectivity index (χ0n) is 13.2. The molecule has 0 bridgehead atoms. The van der Waals surface area contributed by atoms with Crippen LogP contribution in [0.1, 0.15) is 47.5 Å². The van der Waals surface area contributed by atoms with Crippen LogP contribution in [-0.4, -0.2) is 24.5 Å². The van der Waals surface area contributed by atoms with E-state index in [4.69, 9.17) is 0 Å². The van der Waals surface area contributed by atoms with Gasteiger partial charge in [-0.2, -0.15) is 0 Å². The van der Waals surface area contributed by atoms with Crippen molar-refractivity contribution in [3.63, 3.8) is 0 Å². The summed E-state index contributed by atoms with van der Waals surface area (Å²) >= 11 is 0. The molecule has 106 valence electrons. The van der Waals surface area contributed by atoms with Crippen LogP contribution >= 0.6 is 0 Å². The van der Waals surface area contributed by atoms with Crippen LogP contribution in [0.5, 0.6) is 0 Å². The summed E-state index contributed by atoms with van der Waals surface area (Å²) in [5.41, 5.74) is 1.27. The van der Waals surface area contributed by atoms with Crippen molar-refractivity contribution in [1.29, 1.82) is 0 Å². The third-order valence-electron chi connectivity index (χ3n) is 2.88. The maximum absolute atomic E-state index is 3.82. The van der Waals surface area contributed by atoms with Crippen LogP contribution in [0.2, 0.25) is 0 Å². The summed E-state index contributed by atoms with van der Waals surface area (Å²) in [7, 11) is 0. The van der Waals surface area contributed by atoms with Gasteiger partial charge in [-0.3, -0.25) is 4.90 Å². The van der Waals surface area contributed by atoms with E-state index in [9.17, 15) is 0 Å². The van der Waals surface area contributed by atoms with E-state index in [0.29, 0.717) is 0 Å². The zero-order valence-corrected chi connectivity index (χ0v) is 13.2. The summed E-state index contributed by atoms with van der Waals surface area (Å²) < 4.78 is 0. The highest BCUT2D eigenvalue weighted by Gasteiger charge is 2.15. The summed E-state index contributed by atoms with van der Waals surface area (Å²) in [6.07, 6.45) is 8.48. The molecule has 0 aromatic heterocycles. The fourth-order valence-electron chi connectivity index (χ4n) is 1.82. The molecule has 0 amide bonds. The molecule has 0 atom stereocenters. The van der Waals surface area contributed by atoms with Gasteiger partial charge in [0.25, 0.3) is 0 Å². The predicted octanol–water partition coefficient (Wildman–Crippen LogP) is 5.07. The molecule has 1 aliphatic heterocycles. The average molecular weight is 251 g/mol. The van der Waals surface area contributed by atoms with Crippen molar-refractivity contribution in [2.75, 3.05) is 19.6 Å². The van der Waals surface area contributed by atoms with Crippen LogP contribution in [0.15, 0.2) is 37.0 Å². The molecule has 0 spiro atoms. The number of piperidine rings is 1. The van der Waals surface area contributed by atoms with E-state index in [-0.39, 0.29) is 0 Å². The van der Waals surface area contributed by atoms with Crippen LogP contribution in [0.3, 0.4) is 0 Å². The van der Waals surface area contributed by atoms with Gasteiger partial charge in [-0.15, -0.1) is 0 Å². The van der Waals surface area contributed by atoms with Gasteiger partial charge in [0.15, 0.2) is 0 Å². The molecule has 0 N–H and O–H groups in total. The maximum atomic E-state index is 3.82. The SMILES string of the molecule is C=C/C=C(\C=C)CN1CCC(C)CC1.CC.CC. The normalized spacial score (nSPS) is 16.8. The Morgan fingerprint density at radius 3 is 2.00 bits per heavy atom. The molecule has 1 fully saturated rings. The predicted molar refractivity (Wildman–Crippen MR) is 86.0 cm³/mol. The van der Waals surface area contributed by atoms with E-state index in [1.165, 1.54) is 31.5 Å². The number of likely N-dealkylation sites (tertiary alicyclic amines) is 1. The first-order valence-electron chi connectivity index (χ1n) is 7.42. The monoisotopic (exact) mass is 251 g/mol. The van der Waals surface area contributed by atoms with Gasteiger partial charge < -0.3 is 0 Å². The third kappa shape index (κ3) is 9.23. The van der Waals surface area contributed by atoms with Crippen molar-refractivity contribution in [3.05, 3.63) is 37.0 Å². The zero-order chi connectivity index (χ0) is 14.4. The summed E-state index contributed by atoms with van der Waals surface area (Å²) in [6.45, 7) is 21.3. The second-order valence-electron chi connectivity index (χ2n) is 4.14. The first-order chi connectivity index (χ1) is 8.76. The molecule has 1 aliphatic rings. The topological polar surface area (TPSA) is 3.24 Å². The fraction of sp³-hybridized carbons (Fsp3) is 0.647. The summed E-state index contributed by atoms with van der Waals surface area (Å²) in [4.78, 5) is 2.50. The Morgan fingerprint density at radius 2 is 1.61 bits per heavy atom. The summed E-state index contributed by atoms with van der Waals surface area (Å²) in [5.74, 6) is 0.904. The number of allylic oxidation sites excluding steroid dienone is 2. The molecule has 1 heteroatoms. The van der Waals surface area contributed by atoms with E-state index >= 15 is 0 Å². The Balaban J connectivity index is 0. The standard InChI is InChI=1S/C13H21N.2C2H6/c1-4-6-13(5-2)11-14-9-7-12(3)8-10-14;2*1-2/h4-6,12H,1-2,7-11H2,3H3;2*1-2H3/b13-6+;;. The largest absolute Gasteiger partial charge is 0.299 e. The van der Waals surface area contributed by atoms with Gasteiger partial charge in [0.2, 0.25) is 0 Å². The van der Waals surface area contributed by atoms with E-state index < -0.39 is 0 Å². The molecular weight excluding hydrogens is 218 g/mol. The lowest BCUT2D eigenvalue weighted by Crippen LogP contribution is -2.34. The molecule has 1 nitrogen and oxygen atoms in total. The molecular formula is C17H33N. The highest BCUT2D eigenvalue weighted by atomic mass is 15.1. The third-order valence-corrected chi connectivity index (χ3v) is 2.88. The Kier molecular flexibility index (Phi) is 15.4. The summed E-state index contributed by atoms with van der Waals surface area (Å²) in [5, 5.41) is 0. The van der Waals surface area contributed by atoms with Crippen molar-refractivity contribution in [2.45, 2.75) is 47.5 Å². The molecule has 0 aromatic rings. The molecule has 1 rings (SSSR count). The van der Waals surface area contributed by atoms with Crippen LogP contribution < -0.4 is 0 Å². The van der Waals surface area contributed by atoms with Crippen molar-refractivity contribution in [1.82, 2.24) is 4.90 Å². The lowest BCUT2D eigenvalue weighted by Gasteiger charge is -2.30. The molecule has 1 heterocycles. The second kappa shape index (κ2) is 14.2. The van der Waals surface area contributed by atoms with Crippen molar-refractivity contribution in [2.24, 2.45) is 5.92 Å². The van der Waals surface area contributed by atoms with E-state index in [1.807, 2.05) is 45.9 Å². The minimum Gasteiger partial charge on any atom is -0.299 e. The number of rotatable bonds is 4. The Morgan fingerprint density at radius 1 is 1.11 bits per heavy atom. The molecule has 0 aliphatic carbocycles. The van der Waals surface area contributed by atoms with Gasteiger partial charge >= 0.3 is 0 Å². The fourth-order valence-corrected chi connectivity index (χ4v) is 1.82. The Hall–Kier alpha value is -0.820. The van der Waals surface area contributed by atoms with Gasteiger partial charge in [-0.1, -0.05) is 66.0 Å². The van der Waals surface area contributed by atoms with Gasteiger partial charge in [-0.25, -0.2) is 0 Å². The minimum absolute atomic E-state index is 0.904. The first-order valence-corrected chi connectivity index (χ1v) is 7.42. The van der Waals surface area contributed by atoms with Crippen molar-refractivity contribution < 1.29 is 0 Å². The summed E-state index contributed by atoms with van der Waals surface area (Å²) in [6, 6.07) is 0. The van der Waals surface area contributed by atoms with E-state index in [0.717, 1.165) is 12.5 Å². The number of nitrogens with zero attached hydrogens (tertiary/aromatic N) is 1. The Labute approximate surface area is 115 Å². The number of hydrogen-bond acceptors (Lipinski definition) is 1. The molecule has 18 heavy (non-hydrogen) atoms. The Bertz CT molecular complexity index is 220.